The molecule has 0 aliphatic rings. The topological polar surface area (TPSA) is 43.7 Å². The highest BCUT2D eigenvalue weighted by molar-refractivity contribution is 6.58. The Labute approximate surface area is 143 Å². The van der Waals surface area contributed by atoms with Crippen LogP contribution in [0.1, 0.15) is 24.1 Å². The Bertz CT molecular complexity index is 812. The molecule has 3 nitrogen and oxygen atoms in total. The van der Waals surface area contributed by atoms with E-state index in [4.69, 9.17) is 0 Å². The summed E-state index contributed by atoms with van der Waals surface area (Å²) in [6.07, 6.45) is 0. The highest BCUT2D eigenvalue weighted by atomic mass is 16.4. The summed E-state index contributed by atoms with van der Waals surface area (Å²) in [6, 6.07) is 22.6. The van der Waals surface area contributed by atoms with E-state index < -0.39 is 7.12 Å². The second-order valence-electron chi connectivity index (χ2n) is 6.27. The van der Waals surface area contributed by atoms with Crippen LogP contribution in [0.25, 0.3) is 10.8 Å². The molecule has 0 aromatic heterocycles. The van der Waals surface area contributed by atoms with Gasteiger partial charge >= 0.3 is 7.12 Å². The Hall–Kier alpha value is -2.14. The van der Waals surface area contributed by atoms with Crippen molar-refractivity contribution in [3.63, 3.8) is 0 Å². The second-order valence-corrected chi connectivity index (χ2v) is 6.27. The van der Waals surface area contributed by atoms with Crippen molar-refractivity contribution < 1.29 is 10.0 Å². The van der Waals surface area contributed by atoms with Crippen LogP contribution in [0.3, 0.4) is 0 Å². The fourth-order valence-corrected chi connectivity index (χ4v) is 3.07. The van der Waals surface area contributed by atoms with E-state index in [-0.39, 0.29) is 6.04 Å². The van der Waals surface area contributed by atoms with Crippen molar-refractivity contribution in [2.45, 2.75) is 19.5 Å². The van der Waals surface area contributed by atoms with Gasteiger partial charge < -0.3 is 10.0 Å². The zero-order valence-electron chi connectivity index (χ0n) is 14.1. The summed E-state index contributed by atoms with van der Waals surface area (Å²) in [5.74, 6) is 0. The maximum absolute atomic E-state index is 9.18. The first-order chi connectivity index (χ1) is 11.6. The van der Waals surface area contributed by atoms with E-state index in [2.05, 4.69) is 61.3 Å². The Morgan fingerprint density at radius 2 is 1.58 bits per heavy atom. The summed E-state index contributed by atoms with van der Waals surface area (Å²) in [7, 11) is 0.702. The average Bonchev–Trinajstić information content (AvgIpc) is 2.61. The number of nitrogens with zero attached hydrogens (tertiary/aromatic N) is 1. The van der Waals surface area contributed by atoms with Crippen LogP contribution in [-0.4, -0.2) is 29.1 Å². The fraction of sp³-hybridized carbons (Fsp3) is 0.200. The van der Waals surface area contributed by atoms with Gasteiger partial charge in [-0.1, -0.05) is 66.7 Å². The van der Waals surface area contributed by atoms with E-state index in [1.807, 2.05) is 12.1 Å². The Kier molecular flexibility index (Phi) is 5.00. The molecule has 1 atom stereocenters. The average molecular weight is 319 g/mol. The minimum absolute atomic E-state index is 0.277. The van der Waals surface area contributed by atoms with Crippen LogP contribution in [-0.2, 0) is 6.54 Å². The third-order valence-corrected chi connectivity index (χ3v) is 4.64. The fourth-order valence-electron chi connectivity index (χ4n) is 3.07. The summed E-state index contributed by atoms with van der Waals surface area (Å²) in [4.78, 5) is 2.30. The standard InChI is InChI=1S/C20H22BNO2/c1-15(19-9-5-7-17-6-3-4-8-20(17)19)22(2)14-16-10-12-18(13-11-16)21(23)24/h3-13,15,23-24H,14H2,1-2H3/t15-/m1/s1. The van der Waals surface area contributed by atoms with Gasteiger partial charge in [-0.25, -0.2) is 0 Å². The number of rotatable bonds is 5. The van der Waals surface area contributed by atoms with Crippen molar-refractivity contribution >= 4 is 23.4 Å². The Balaban J connectivity index is 1.80. The van der Waals surface area contributed by atoms with Gasteiger partial charge in [-0.15, -0.1) is 0 Å². The van der Waals surface area contributed by atoms with Crippen molar-refractivity contribution in [3.8, 4) is 0 Å². The van der Waals surface area contributed by atoms with Crippen LogP contribution >= 0.6 is 0 Å². The summed E-state index contributed by atoms with van der Waals surface area (Å²) in [5, 5.41) is 20.9. The molecular weight excluding hydrogens is 297 g/mol. The molecule has 3 aromatic carbocycles. The quantitative estimate of drug-likeness (QED) is 0.711. The van der Waals surface area contributed by atoms with Gasteiger partial charge in [0.2, 0.25) is 0 Å². The number of hydrogen-bond acceptors (Lipinski definition) is 3. The third-order valence-electron chi connectivity index (χ3n) is 4.64. The van der Waals surface area contributed by atoms with Gasteiger partial charge in [-0.2, -0.15) is 0 Å². The van der Waals surface area contributed by atoms with Gasteiger partial charge in [0.1, 0.15) is 0 Å². The molecule has 122 valence electrons. The molecule has 0 spiro atoms. The maximum atomic E-state index is 9.18. The van der Waals surface area contributed by atoms with Crippen molar-refractivity contribution in [1.82, 2.24) is 4.90 Å². The molecule has 0 bridgehead atoms. The minimum atomic E-state index is -1.41. The van der Waals surface area contributed by atoms with Gasteiger partial charge in [-0.3, -0.25) is 4.90 Å². The van der Waals surface area contributed by atoms with Crippen LogP contribution < -0.4 is 5.46 Å². The zero-order chi connectivity index (χ0) is 17.1. The summed E-state index contributed by atoms with van der Waals surface area (Å²) < 4.78 is 0. The van der Waals surface area contributed by atoms with Crippen LogP contribution in [0.5, 0.6) is 0 Å². The molecule has 3 rings (SSSR count). The largest absolute Gasteiger partial charge is 0.488 e. The predicted molar refractivity (Wildman–Crippen MR) is 100 cm³/mol. The van der Waals surface area contributed by atoms with Crippen LogP contribution in [0.4, 0.5) is 0 Å². The Morgan fingerprint density at radius 1 is 0.917 bits per heavy atom. The molecular formula is C20H22BNO2. The summed E-state index contributed by atoms with van der Waals surface area (Å²) in [5.41, 5.74) is 2.98. The molecule has 0 aliphatic carbocycles. The predicted octanol–water partition coefficient (Wildman–Crippen LogP) is 2.71. The van der Waals surface area contributed by atoms with Crippen molar-refractivity contribution in [3.05, 3.63) is 77.9 Å². The normalized spacial score (nSPS) is 12.5. The Morgan fingerprint density at radius 3 is 2.29 bits per heavy atom. The first kappa shape index (κ1) is 16.7. The van der Waals surface area contributed by atoms with Crippen molar-refractivity contribution in [2.75, 3.05) is 7.05 Å². The zero-order valence-corrected chi connectivity index (χ0v) is 14.1. The first-order valence-electron chi connectivity index (χ1n) is 8.19. The van der Waals surface area contributed by atoms with Gasteiger partial charge in [0.25, 0.3) is 0 Å². The molecule has 24 heavy (non-hydrogen) atoms. The molecule has 0 aliphatic heterocycles. The highest BCUT2D eigenvalue weighted by Gasteiger charge is 2.15. The van der Waals surface area contributed by atoms with Crippen molar-refractivity contribution in [1.29, 1.82) is 0 Å². The summed E-state index contributed by atoms with van der Waals surface area (Å²) >= 11 is 0. The molecule has 0 amide bonds. The molecule has 0 fully saturated rings. The van der Waals surface area contributed by atoms with E-state index in [9.17, 15) is 10.0 Å². The third kappa shape index (κ3) is 3.51. The molecule has 3 aromatic rings. The van der Waals surface area contributed by atoms with Gasteiger partial charge in [0, 0.05) is 12.6 Å². The SMILES string of the molecule is C[C@H](c1cccc2ccccc12)N(C)Cc1ccc(B(O)O)cc1. The molecule has 0 saturated carbocycles. The molecule has 0 heterocycles. The lowest BCUT2D eigenvalue weighted by Gasteiger charge is -2.26. The molecule has 2 N–H and O–H groups in total. The van der Waals surface area contributed by atoms with E-state index in [1.165, 1.54) is 16.3 Å². The van der Waals surface area contributed by atoms with E-state index in [0.717, 1.165) is 12.1 Å². The monoisotopic (exact) mass is 319 g/mol. The van der Waals surface area contributed by atoms with Gasteiger partial charge in [-0.05, 0) is 41.3 Å². The van der Waals surface area contributed by atoms with Gasteiger partial charge in [0.05, 0.1) is 0 Å². The van der Waals surface area contributed by atoms with Crippen LogP contribution in [0, 0.1) is 0 Å². The number of benzene rings is 3. The number of hydrogen-bond donors (Lipinski definition) is 2. The van der Waals surface area contributed by atoms with Gasteiger partial charge in [0.15, 0.2) is 0 Å². The molecule has 0 saturated heterocycles. The molecule has 4 heteroatoms. The highest BCUT2D eigenvalue weighted by Crippen LogP contribution is 2.28. The number of fused-ring (bicyclic) bond motifs is 1. The molecule has 0 unspecified atom stereocenters. The smallest absolute Gasteiger partial charge is 0.423 e. The summed E-state index contributed by atoms with van der Waals surface area (Å²) in [6.45, 7) is 3.01. The lowest BCUT2D eigenvalue weighted by atomic mass is 9.80. The lowest BCUT2D eigenvalue weighted by Crippen LogP contribution is -2.29. The maximum Gasteiger partial charge on any atom is 0.488 e. The minimum Gasteiger partial charge on any atom is -0.423 e. The van der Waals surface area contributed by atoms with E-state index in [1.54, 1.807) is 12.1 Å². The van der Waals surface area contributed by atoms with E-state index >= 15 is 0 Å². The molecule has 0 radical (unpaired) electrons. The first-order valence-corrected chi connectivity index (χ1v) is 8.19. The lowest BCUT2D eigenvalue weighted by molar-refractivity contribution is 0.254. The van der Waals surface area contributed by atoms with Crippen LogP contribution in [0.15, 0.2) is 66.7 Å². The van der Waals surface area contributed by atoms with Crippen molar-refractivity contribution in [2.24, 2.45) is 0 Å². The van der Waals surface area contributed by atoms with Crippen LogP contribution in [0.2, 0.25) is 0 Å². The van der Waals surface area contributed by atoms with E-state index in [0.29, 0.717) is 5.46 Å². The second kappa shape index (κ2) is 7.18.